The molecule has 0 amide bonds. The maximum absolute atomic E-state index is 3.66. The fourth-order valence-electron chi connectivity index (χ4n) is 2.81. The van der Waals surface area contributed by atoms with E-state index in [0.29, 0.717) is 0 Å². The molecule has 0 fully saturated rings. The van der Waals surface area contributed by atoms with E-state index in [2.05, 4.69) is 79.8 Å². The third-order valence-corrected chi connectivity index (χ3v) is 5.55. The van der Waals surface area contributed by atoms with Crippen LogP contribution >= 0.6 is 31.9 Å². The summed E-state index contributed by atoms with van der Waals surface area (Å²) in [5, 5.41) is 2.25. The van der Waals surface area contributed by atoms with Crippen molar-refractivity contribution in [2.75, 3.05) is 0 Å². The van der Waals surface area contributed by atoms with Gasteiger partial charge in [-0.2, -0.15) is 0 Å². The predicted octanol–water partition coefficient (Wildman–Crippen LogP) is 7.16. The summed E-state index contributed by atoms with van der Waals surface area (Å²) in [4.78, 5) is 0. The second-order valence-electron chi connectivity index (χ2n) is 6.24. The van der Waals surface area contributed by atoms with Gasteiger partial charge in [0.05, 0.1) is 0 Å². The summed E-state index contributed by atoms with van der Waals surface area (Å²) in [5.74, 6) is 13.0. The lowest BCUT2D eigenvalue weighted by atomic mass is 10.0. The first-order chi connectivity index (χ1) is 13.7. The molecular weight excluding hydrogens is 472 g/mol. The molecule has 0 aliphatic rings. The van der Waals surface area contributed by atoms with Gasteiger partial charge in [0.15, 0.2) is 0 Å². The van der Waals surface area contributed by atoms with Crippen molar-refractivity contribution in [3.63, 3.8) is 0 Å². The molecule has 4 rings (SSSR count). The van der Waals surface area contributed by atoms with E-state index in [4.69, 9.17) is 0 Å². The molecule has 0 aliphatic carbocycles. The van der Waals surface area contributed by atoms with Gasteiger partial charge in [0.2, 0.25) is 0 Å². The van der Waals surface area contributed by atoms with Crippen molar-refractivity contribution in [2.24, 2.45) is 0 Å². The fraction of sp³-hybridized carbons (Fsp3) is 0. The molecule has 0 aromatic heterocycles. The smallest absolute Gasteiger partial charge is 0.0397 e. The number of hydrogen-bond acceptors (Lipinski definition) is 0. The Kier molecular flexibility index (Phi) is 5.63. The van der Waals surface area contributed by atoms with E-state index in [1.807, 2.05) is 60.7 Å². The zero-order valence-corrected chi connectivity index (χ0v) is 18.0. The molecule has 132 valence electrons. The first-order valence-corrected chi connectivity index (χ1v) is 10.3. The number of halogens is 2. The summed E-state index contributed by atoms with van der Waals surface area (Å²) >= 11 is 7.32. The van der Waals surface area contributed by atoms with E-state index in [1.54, 1.807) is 0 Å². The Hall–Kier alpha value is -2.78. The van der Waals surface area contributed by atoms with Crippen LogP contribution in [0.25, 0.3) is 10.8 Å². The van der Waals surface area contributed by atoms with Gasteiger partial charge in [-0.15, -0.1) is 0 Å². The molecule has 0 saturated heterocycles. The molecule has 0 atom stereocenters. The predicted molar refractivity (Wildman–Crippen MR) is 124 cm³/mol. The van der Waals surface area contributed by atoms with E-state index < -0.39 is 0 Å². The Balaban J connectivity index is 1.72. The molecule has 2 heteroatoms. The highest BCUT2D eigenvalue weighted by Gasteiger charge is 2.05. The maximum Gasteiger partial charge on any atom is 0.0397 e. The van der Waals surface area contributed by atoms with E-state index in [0.717, 1.165) is 42.0 Å². The summed E-state index contributed by atoms with van der Waals surface area (Å²) in [6.07, 6.45) is 0. The third-order valence-electron chi connectivity index (χ3n) is 4.24. The van der Waals surface area contributed by atoms with Gasteiger partial charge in [0.25, 0.3) is 0 Å². The molecule has 0 nitrogen and oxygen atoms in total. The molecule has 0 heterocycles. The van der Waals surface area contributed by atoms with Crippen molar-refractivity contribution in [2.45, 2.75) is 0 Å². The SMILES string of the molecule is Brc1cc2cc(C#Cc3ccccc3)c(Br)cc2cc1C#Cc1ccccc1. The zero-order valence-electron chi connectivity index (χ0n) is 14.8. The zero-order chi connectivity index (χ0) is 19.3. The van der Waals surface area contributed by atoms with Crippen molar-refractivity contribution in [1.29, 1.82) is 0 Å². The molecule has 0 spiro atoms. The van der Waals surface area contributed by atoms with Crippen molar-refractivity contribution < 1.29 is 0 Å². The van der Waals surface area contributed by atoms with E-state index in [9.17, 15) is 0 Å². The van der Waals surface area contributed by atoms with E-state index >= 15 is 0 Å². The first kappa shape index (κ1) is 18.6. The monoisotopic (exact) mass is 484 g/mol. The second-order valence-corrected chi connectivity index (χ2v) is 7.95. The summed E-state index contributed by atoms with van der Waals surface area (Å²) in [6.45, 7) is 0. The molecule has 0 saturated carbocycles. The van der Waals surface area contributed by atoms with Gasteiger partial charge in [-0.3, -0.25) is 0 Å². The van der Waals surface area contributed by atoms with Gasteiger partial charge in [-0.1, -0.05) is 60.1 Å². The summed E-state index contributed by atoms with van der Waals surface area (Å²) in [5.41, 5.74) is 3.93. The molecule has 0 aliphatic heterocycles. The summed E-state index contributed by atoms with van der Waals surface area (Å²) < 4.78 is 1.96. The minimum atomic E-state index is 0.964. The maximum atomic E-state index is 3.66. The van der Waals surface area contributed by atoms with Gasteiger partial charge >= 0.3 is 0 Å². The standard InChI is InChI=1S/C26H14Br2/c27-25-17-24-16-22(14-12-20-9-5-2-6-10-20)26(28)18-23(24)15-21(25)13-11-19-7-3-1-4-8-19/h1-10,15-18H. The van der Waals surface area contributed by atoms with Gasteiger partial charge in [-0.25, -0.2) is 0 Å². The highest BCUT2D eigenvalue weighted by molar-refractivity contribution is 9.10. The van der Waals surface area contributed by atoms with Crippen molar-refractivity contribution in [3.8, 4) is 23.7 Å². The van der Waals surface area contributed by atoms with Crippen LogP contribution in [0.5, 0.6) is 0 Å². The van der Waals surface area contributed by atoms with Crippen molar-refractivity contribution in [3.05, 3.63) is 116 Å². The van der Waals surface area contributed by atoms with Gasteiger partial charge in [-0.05, 0) is 91.2 Å². The molecular formula is C26H14Br2. The van der Waals surface area contributed by atoms with Gasteiger partial charge < -0.3 is 0 Å². The van der Waals surface area contributed by atoms with E-state index in [-0.39, 0.29) is 0 Å². The van der Waals surface area contributed by atoms with E-state index in [1.165, 1.54) is 0 Å². The molecule has 0 unspecified atom stereocenters. The number of fused-ring (bicyclic) bond motifs is 1. The van der Waals surface area contributed by atoms with Crippen LogP contribution in [0.1, 0.15) is 22.3 Å². The van der Waals surface area contributed by atoms with Crippen LogP contribution < -0.4 is 0 Å². The average Bonchev–Trinajstić information content (AvgIpc) is 2.73. The summed E-state index contributed by atoms with van der Waals surface area (Å²) in [7, 11) is 0. The molecule has 0 N–H and O–H groups in total. The lowest BCUT2D eigenvalue weighted by Crippen LogP contribution is -1.85. The second kappa shape index (κ2) is 8.49. The summed E-state index contributed by atoms with van der Waals surface area (Å²) in [6, 6.07) is 28.4. The third kappa shape index (κ3) is 4.37. The van der Waals surface area contributed by atoms with Crippen LogP contribution in [-0.2, 0) is 0 Å². The van der Waals surface area contributed by atoms with Crippen LogP contribution in [0.3, 0.4) is 0 Å². The molecule has 0 bridgehead atoms. The minimum Gasteiger partial charge on any atom is -0.0622 e. The first-order valence-electron chi connectivity index (χ1n) is 8.76. The Morgan fingerprint density at radius 3 is 1.25 bits per heavy atom. The fourth-order valence-corrected chi connectivity index (χ4v) is 3.73. The number of hydrogen-bond donors (Lipinski definition) is 0. The molecule has 0 radical (unpaired) electrons. The molecule has 28 heavy (non-hydrogen) atoms. The normalized spacial score (nSPS) is 9.93. The number of benzene rings is 4. The average molecular weight is 486 g/mol. The number of rotatable bonds is 0. The van der Waals surface area contributed by atoms with Gasteiger partial charge in [0, 0.05) is 31.2 Å². The van der Waals surface area contributed by atoms with Crippen molar-refractivity contribution >= 4 is 42.6 Å². The Bertz CT molecular complexity index is 1160. The Morgan fingerprint density at radius 1 is 0.464 bits per heavy atom. The largest absolute Gasteiger partial charge is 0.0622 e. The molecule has 4 aromatic rings. The van der Waals surface area contributed by atoms with Crippen LogP contribution in [0.15, 0.2) is 93.9 Å². The Labute approximate surface area is 181 Å². The lowest BCUT2D eigenvalue weighted by molar-refractivity contribution is 1.59. The van der Waals surface area contributed by atoms with Crippen LogP contribution in [0.2, 0.25) is 0 Å². The highest BCUT2D eigenvalue weighted by atomic mass is 79.9. The highest BCUT2D eigenvalue weighted by Crippen LogP contribution is 2.29. The minimum absolute atomic E-state index is 0.964. The van der Waals surface area contributed by atoms with Crippen molar-refractivity contribution in [1.82, 2.24) is 0 Å². The van der Waals surface area contributed by atoms with Crippen LogP contribution in [-0.4, -0.2) is 0 Å². The van der Waals surface area contributed by atoms with Gasteiger partial charge in [0.1, 0.15) is 0 Å². The Morgan fingerprint density at radius 2 is 0.857 bits per heavy atom. The lowest BCUT2D eigenvalue weighted by Gasteiger charge is -2.05. The quantitative estimate of drug-likeness (QED) is 0.232. The van der Waals surface area contributed by atoms with Crippen LogP contribution in [0.4, 0.5) is 0 Å². The molecule has 4 aromatic carbocycles. The topological polar surface area (TPSA) is 0 Å². The van der Waals surface area contributed by atoms with Crippen LogP contribution in [0, 0.1) is 23.7 Å².